The van der Waals surface area contributed by atoms with Gasteiger partial charge in [-0.1, -0.05) is 31.8 Å². The molecule has 2 N–H and O–H groups in total. The monoisotopic (exact) mass is 502 g/mol. The number of hydrogen-bond donors (Lipinski definition) is 2. The van der Waals surface area contributed by atoms with E-state index in [2.05, 4.69) is 33.1 Å². The zero-order valence-electron chi connectivity index (χ0n) is 19.2. The molecule has 1 aromatic heterocycles. The minimum atomic E-state index is -3.67. The highest BCUT2D eigenvalue weighted by Crippen LogP contribution is 2.39. The van der Waals surface area contributed by atoms with Crippen molar-refractivity contribution in [2.24, 2.45) is 4.99 Å². The molecular formula is C25H31FN4O2S2. The molecule has 1 aliphatic heterocycles. The second-order valence-corrected chi connectivity index (χ2v) is 11.9. The first-order valence-electron chi connectivity index (χ1n) is 11.8. The number of guanidine groups is 1. The molecule has 9 heteroatoms. The maximum atomic E-state index is 13.3. The van der Waals surface area contributed by atoms with Crippen LogP contribution in [0.25, 0.3) is 0 Å². The maximum absolute atomic E-state index is 13.3. The lowest BCUT2D eigenvalue weighted by Crippen LogP contribution is -2.52. The van der Waals surface area contributed by atoms with Crippen molar-refractivity contribution in [1.82, 2.24) is 14.9 Å². The molecule has 4 rings (SSSR count). The van der Waals surface area contributed by atoms with Crippen LogP contribution in [-0.4, -0.2) is 44.4 Å². The van der Waals surface area contributed by atoms with E-state index in [-0.39, 0.29) is 10.3 Å². The van der Waals surface area contributed by atoms with Gasteiger partial charge in [-0.05, 0) is 61.4 Å². The van der Waals surface area contributed by atoms with E-state index >= 15 is 0 Å². The Hall–Kier alpha value is -2.41. The summed E-state index contributed by atoms with van der Waals surface area (Å²) in [6.07, 6.45) is 12.7. The molecule has 1 saturated heterocycles. The summed E-state index contributed by atoms with van der Waals surface area (Å²) in [6.45, 7) is 1.38. The summed E-state index contributed by atoms with van der Waals surface area (Å²) in [5.41, 5.74) is -0.230. The van der Waals surface area contributed by atoms with Crippen LogP contribution in [0.3, 0.4) is 0 Å². The van der Waals surface area contributed by atoms with E-state index in [0.29, 0.717) is 44.5 Å². The van der Waals surface area contributed by atoms with Crippen LogP contribution in [-0.2, 0) is 15.4 Å². The van der Waals surface area contributed by atoms with Gasteiger partial charge in [0.05, 0.1) is 4.90 Å². The fraction of sp³-hybridized carbons (Fsp3) is 0.480. The predicted molar refractivity (Wildman–Crippen MR) is 135 cm³/mol. The van der Waals surface area contributed by atoms with Gasteiger partial charge in [0.1, 0.15) is 5.82 Å². The normalized spacial score (nSPS) is 19.9. The molecule has 0 bridgehead atoms. The first kappa shape index (κ1) is 24.7. The number of terminal acetylenes is 1. The number of halogens is 1. The minimum Gasteiger partial charge on any atom is -0.355 e. The Kier molecular flexibility index (Phi) is 7.91. The van der Waals surface area contributed by atoms with Crippen LogP contribution < -0.4 is 10.6 Å². The van der Waals surface area contributed by atoms with Gasteiger partial charge in [-0.2, -0.15) is 9.30 Å². The molecule has 0 unspecified atom stereocenters. The molecule has 2 fully saturated rings. The summed E-state index contributed by atoms with van der Waals surface area (Å²) >= 11 is 1.69. The molecule has 182 valence electrons. The summed E-state index contributed by atoms with van der Waals surface area (Å²) in [7, 11) is -3.67. The average molecular weight is 503 g/mol. The number of nitrogens with one attached hydrogen (secondary N) is 2. The third kappa shape index (κ3) is 5.62. The highest BCUT2D eigenvalue weighted by Gasteiger charge is 2.40. The summed E-state index contributed by atoms with van der Waals surface area (Å²) in [5, 5.41) is 8.98. The van der Waals surface area contributed by atoms with Gasteiger partial charge in [0, 0.05) is 42.0 Å². The minimum absolute atomic E-state index is 0.121. The van der Waals surface area contributed by atoms with Crippen molar-refractivity contribution in [3.63, 3.8) is 0 Å². The second kappa shape index (κ2) is 10.9. The first-order chi connectivity index (χ1) is 16.4. The van der Waals surface area contributed by atoms with Crippen molar-refractivity contribution in [1.29, 1.82) is 0 Å². The molecule has 0 amide bonds. The van der Waals surface area contributed by atoms with Crippen LogP contribution in [0.2, 0.25) is 0 Å². The van der Waals surface area contributed by atoms with Crippen molar-refractivity contribution < 1.29 is 12.8 Å². The standard InChI is InChI=1S/C25H31FN4O2S2/c1-2-27-24(29-21-7-4-3-5-8-21)28-19-25(23-9-6-18-33-23)14-16-30(17-15-25)34(31,32)22-12-10-20(26)11-13-22/h1,6,9-13,18,21H,3-5,7-8,14-17,19H2,(H2,27,28,29). The number of rotatable bonds is 6. The highest BCUT2D eigenvalue weighted by atomic mass is 32.2. The number of aliphatic imine (C=N–C) groups is 1. The number of hydrogen-bond acceptors (Lipinski definition) is 4. The van der Waals surface area contributed by atoms with Crippen molar-refractivity contribution in [3.05, 3.63) is 52.5 Å². The molecule has 6 nitrogen and oxygen atoms in total. The van der Waals surface area contributed by atoms with Crippen LogP contribution in [0.5, 0.6) is 0 Å². The van der Waals surface area contributed by atoms with E-state index in [1.165, 1.54) is 52.7 Å². The lowest BCUT2D eigenvalue weighted by atomic mass is 9.77. The predicted octanol–water partition coefficient (Wildman–Crippen LogP) is 4.07. The van der Waals surface area contributed by atoms with Gasteiger partial charge in [0.2, 0.25) is 16.0 Å². The zero-order chi connectivity index (χ0) is 24.0. The number of piperidine rings is 1. The first-order valence-corrected chi connectivity index (χ1v) is 14.1. The van der Waals surface area contributed by atoms with Gasteiger partial charge in [-0.15, -0.1) is 11.3 Å². The summed E-state index contributed by atoms with van der Waals surface area (Å²) in [6, 6.07) is 11.9. The van der Waals surface area contributed by atoms with Crippen LogP contribution in [0.15, 0.2) is 51.7 Å². The average Bonchev–Trinajstić information content (AvgIpc) is 3.40. The third-order valence-electron chi connectivity index (χ3n) is 6.89. The van der Waals surface area contributed by atoms with Gasteiger partial charge < -0.3 is 10.6 Å². The number of sulfonamides is 1. The van der Waals surface area contributed by atoms with Crippen molar-refractivity contribution >= 4 is 27.3 Å². The Balaban J connectivity index is 1.47. The van der Waals surface area contributed by atoms with Crippen molar-refractivity contribution in [2.45, 2.75) is 61.3 Å². The molecular weight excluding hydrogens is 471 g/mol. The van der Waals surface area contributed by atoms with E-state index < -0.39 is 15.8 Å². The molecule has 1 aromatic carbocycles. The van der Waals surface area contributed by atoms with Gasteiger partial charge in [0.15, 0.2) is 0 Å². The smallest absolute Gasteiger partial charge is 0.243 e. The Morgan fingerprint density at radius 1 is 1.18 bits per heavy atom. The number of thiophene rings is 1. The Morgan fingerprint density at radius 3 is 2.50 bits per heavy atom. The molecule has 2 aromatic rings. The van der Waals surface area contributed by atoms with Gasteiger partial charge >= 0.3 is 0 Å². The fourth-order valence-electron chi connectivity index (χ4n) is 4.88. The van der Waals surface area contributed by atoms with E-state index in [1.807, 2.05) is 6.07 Å². The topological polar surface area (TPSA) is 73.8 Å². The molecule has 0 radical (unpaired) electrons. The summed E-state index contributed by atoms with van der Waals surface area (Å²) < 4.78 is 41.0. The lowest BCUT2D eigenvalue weighted by molar-refractivity contribution is 0.235. The number of nitrogens with zero attached hydrogens (tertiary/aromatic N) is 2. The second-order valence-electron chi connectivity index (χ2n) is 9.04. The summed E-state index contributed by atoms with van der Waals surface area (Å²) in [5.74, 6) is 0.165. The molecule has 0 atom stereocenters. The molecule has 1 saturated carbocycles. The van der Waals surface area contributed by atoms with Crippen LogP contribution in [0.4, 0.5) is 4.39 Å². The van der Waals surface area contributed by atoms with Gasteiger partial charge in [-0.25, -0.2) is 12.8 Å². The quantitative estimate of drug-likeness (QED) is 0.355. The molecule has 34 heavy (non-hydrogen) atoms. The van der Waals surface area contributed by atoms with Crippen LogP contribution in [0.1, 0.15) is 49.8 Å². The fourth-order valence-corrected chi connectivity index (χ4v) is 7.31. The van der Waals surface area contributed by atoms with Crippen molar-refractivity contribution in [2.75, 3.05) is 19.6 Å². The Bertz CT molecular complexity index is 1110. The van der Waals surface area contributed by atoms with Crippen LogP contribution >= 0.6 is 11.3 Å². The third-order valence-corrected chi connectivity index (χ3v) is 9.92. The van der Waals surface area contributed by atoms with Gasteiger partial charge in [-0.3, -0.25) is 0 Å². The molecule has 0 spiro atoms. The van der Waals surface area contributed by atoms with E-state index in [1.54, 1.807) is 11.3 Å². The van der Waals surface area contributed by atoms with Crippen LogP contribution in [0, 0.1) is 18.3 Å². The Morgan fingerprint density at radius 2 is 1.88 bits per heavy atom. The molecule has 2 heterocycles. The van der Waals surface area contributed by atoms with E-state index in [9.17, 15) is 12.8 Å². The highest BCUT2D eigenvalue weighted by molar-refractivity contribution is 7.89. The lowest BCUT2D eigenvalue weighted by Gasteiger charge is -2.41. The van der Waals surface area contributed by atoms with Gasteiger partial charge in [0.25, 0.3) is 0 Å². The summed E-state index contributed by atoms with van der Waals surface area (Å²) in [4.78, 5) is 5.54. The SMILES string of the molecule is C#CN=C(NCC1(c2cccs2)CCN(S(=O)(=O)c2ccc(F)cc2)CC1)NC1CCCCC1. The molecule has 1 aliphatic carbocycles. The Labute approximate surface area is 205 Å². The largest absolute Gasteiger partial charge is 0.355 e. The van der Waals surface area contributed by atoms with E-state index in [4.69, 9.17) is 6.42 Å². The zero-order valence-corrected chi connectivity index (χ0v) is 20.8. The maximum Gasteiger partial charge on any atom is 0.243 e. The van der Waals surface area contributed by atoms with Crippen molar-refractivity contribution in [3.8, 4) is 12.5 Å². The number of benzene rings is 1. The van der Waals surface area contributed by atoms with E-state index in [0.717, 1.165) is 12.8 Å². The molecule has 2 aliphatic rings.